The average Bonchev–Trinajstić information content (AvgIpc) is 2.18. The van der Waals surface area contributed by atoms with Gasteiger partial charge in [0.25, 0.3) is 0 Å². The summed E-state index contributed by atoms with van der Waals surface area (Å²) in [6, 6.07) is 3.57. The molecule has 0 aliphatic rings. The van der Waals surface area contributed by atoms with Gasteiger partial charge in [0.05, 0.1) is 0 Å². The molecule has 1 aromatic rings. The minimum absolute atomic E-state index is 0.0125. The fourth-order valence-corrected chi connectivity index (χ4v) is 1.60. The maximum atomic E-state index is 12.5. The number of hydrogen-bond acceptors (Lipinski definition) is 1. The van der Waals surface area contributed by atoms with Crippen molar-refractivity contribution < 1.29 is 13.2 Å². The van der Waals surface area contributed by atoms with Crippen molar-refractivity contribution in [2.45, 2.75) is 32.5 Å². The molecule has 1 aromatic carbocycles. The van der Waals surface area contributed by atoms with Gasteiger partial charge in [0, 0.05) is 10.2 Å². The molecule has 0 fully saturated rings. The summed E-state index contributed by atoms with van der Waals surface area (Å²) in [6.45, 7) is 3.35. The molecular formula is C11H13BrF3N. The first-order valence-corrected chi connectivity index (χ1v) is 5.73. The third-order valence-electron chi connectivity index (χ3n) is 2.30. The van der Waals surface area contributed by atoms with E-state index in [-0.39, 0.29) is 6.42 Å². The lowest BCUT2D eigenvalue weighted by atomic mass is 10.1. The van der Waals surface area contributed by atoms with Crippen LogP contribution in [0, 0.1) is 6.92 Å². The van der Waals surface area contributed by atoms with Crippen molar-refractivity contribution in [1.29, 1.82) is 0 Å². The molecule has 0 bridgehead atoms. The number of hydrogen-bond donors (Lipinski definition) is 1. The SMILES string of the molecule is CC[C@@H](Nc1ccc(Br)c(C)c1)C(F)(F)F. The quantitative estimate of drug-likeness (QED) is 0.865. The summed E-state index contributed by atoms with van der Waals surface area (Å²) in [5.41, 5.74) is 1.40. The van der Waals surface area contributed by atoms with Crippen molar-refractivity contribution in [3.63, 3.8) is 0 Å². The summed E-state index contributed by atoms with van der Waals surface area (Å²) in [5.74, 6) is 0. The van der Waals surface area contributed by atoms with E-state index in [0.717, 1.165) is 10.0 Å². The molecule has 0 saturated heterocycles. The van der Waals surface area contributed by atoms with E-state index in [1.54, 1.807) is 18.2 Å². The molecule has 90 valence electrons. The highest BCUT2D eigenvalue weighted by molar-refractivity contribution is 9.10. The minimum atomic E-state index is -4.21. The molecule has 0 unspecified atom stereocenters. The Hall–Kier alpha value is -0.710. The number of halogens is 4. The van der Waals surface area contributed by atoms with Gasteiger partial charge in [-0.15, -0.1) is 0 Å². The molecule has 0 aliphatic carbocycles. The highest BCUT2D eigenvalue weighted by Gasteiger charge is 2.38. The molecule has 0 spiro atoms. The predicted octanol–water partition coefficient (Wildman–Crippen LogP) is 4.51. The number of anilines is 1. The summed E-state index contributed by atoms with van der Waals surface area (Å²) in [6.07, 6.45) is -4.20. The Labute approximate surface area is 101 Å². The molecule has 0 amide bonds. The van der Waals surface area contributed by atoms with Crippen LogP contribution < -0.4 is 5.32 Å². The van der Waals surface area contributed by atoms with Gasteiger partial charge in [0.15, 0.2) is 0 Å². The van der Waals surface area contributed by atoms with E-state index in [1.165, 1.54) is 6.92 Å². The van der Waals surface area contributed by atoms with Crippen LogP contribution in [-0.2, 0) is 0 Å². The van der Waals surface area contributed by atoms with Gasteiger partial charge in [-0.05, 0) is 37.1 Å². The average molecular weight is 296 g/mol. The highest BCUT2D eigenvalue weighted by atomic mass is 79.9. The van der Waals surface area contributed by atoms with Crippen LogP contribution in [0.4, 0.5) is 18.9 Å². The standard InChI is InChI=1S/C11H13BrF3N/c1-3-10(11(13,14)15)16-8-4-5-9(12)7(2)6-8/h4-6,10,16H,3H2,1-2H3/t10-/m1/s1. The van der Waals surface area contributed by atoms with Crippen LogP contribution in [0.3, 0.4) is 0 Å². The zero-order chi connectivity index (χ0) is 12.3. The van der Waals surface area contributed by atoms with Gasteiger partial charge >= 0.3 is 6.18 Å². The summed E-state index contributed by atoms with van der Waals surface area (Å²) >= 11 is 3.30. The van der Waals surface area contributed by atoms with Crippen LogP contribution >= 0.6 is 15.9 Å². The third-order valence-corrected chi connectivity index (χ3v) is 3.19. The number of benzene rings is 1. The molecule has 1 nitrogen and oxygen atoms in total. The fourth-order valence-electron chi connectivity index (χ4n) is 1.35. The molecule has 0 aliphatic heterocycles. The fraction of sp³-hybridized carbons (Fsp3) is 0.455. The molecule has 0 saturated carbocycles. The summed E-state index contributed by atoms with van der Waals surface area (Å²) in [4.78, 5) is 0. The van der Waals surface area contributed by atoms with Gasteiger partial charge in [0.1, 0.15) is 6.04 Å². The molecule has 0 aromatic heterocycles. The Morgan fingerprint density at radius 1 is 1.38 bits per heavy atom. The van der Waals surface area contributed by atoms with Crippen LogP contribution in [-0.4, -0.2) is 12.2 Å². The lowest BCUT2D eigenvalue weighted by molar-refractivity contribution is -0.142. The van der Waals surface area contributed by atoms with E-state index in [2.05, 4.69) is 21.2 Å². The molecule has 16 heavy (non-hydrogen) atoms. The van der Waals surface area contributed by atoms with E-state index < -0.39 is 12.2 Å². The second-order valence-corrected chi connectivity index (χ2v) is 4.47. The predicted molar refractivity (Wildman–Crippen MR) is 62.6 cm³/mol. The van der Waals surface area contributed by atoms with Crippen molar-refractivity contribution in [2.24, 2.45) is 0 Å². The molecule has 0 radical (unpaired) electrons. The first kappa shape index (κ1) is 13.4. The first-order valence-electron chi connectivity index (χ1n) is 4.94. The van der Waals surface area contributed by atoms with Crippen LogP contribution in [0.1, 0.15) is 18.9 Å². The van der Waals surface area contributed by atoms with Crippen LogP contribution in [0.25, 0.3) is 0 Å². The van der Waals surface area contributed by atoms with Gasteiger partial charge in [-0.1, -0.05) is 22.9 Å². The van der Waals surface area contributed by atoms with E-state index >= 15 is 0 Å². The number of rotatable bonds is 3. The number of alkyl halides is 3. The molecule has 1 N–H and O–H groups in total. The van der Waals surface area contributed by atoms with Gasteiger partial charge in [-0.2, -0.15) is 13.2 Å². The zero-order valence-electron chi connectivity index (χ0n) is 9.03. The summed E-state index contributed by atoms with van der Waals surface area (Å²) in [5, 5.41) is 2.49. The van der Waals surface area contributed by atoms with Crippen LogP contribution in [0.2, 0.25) is 0 Å². The first-order chi connectivity index (χ1) is 7.34. The Morgan fingerprint density at radius 3 is 2.44 bits per heavy atom. The Balaban J connectivity index is 2.83. The topological polar surface area (TPSA) is 12.0 Å². The van der Waals surface area contributed by atoms with Crippen molar-refractivity contribution in [1.82, 2.24) is 0 Å². The van der Waals surface area contributed by atoms with Gasteiger partial charge in [-0.3, -0.25) is 0 Å². The van der Waals surface area contributed by atoms with E-state index in [1.807, 2.05) is 6.92 Å². The number of aryl methyl sites for hydroxylation is 1. The monoisotopic (exact) mass is 295 g/mol. The van der Waals surface area contributed by atoms with Gasteiger partial charge < -0.3 is 5.32 Å². The smallest absolute Gasteiger partial charge is 0.374 e. The summed E-state index contributed by atoms with van der Waals surface area (Å²) < 4.78 is 38.4. The lowest BCUT2D eigenvalue weighted by Gasteiger charge is -2.21. The van der Waals surface area contributed by atoms with E-state index in [9.17, 15) is 13.2 Å². The Morgan fingerprint density at radius 2 is 2.00 bits per heavy atom. The molecule has 1 atom stereocenters. The van der Waals surface area contributed by atoms with E-state index in [0.29, 0.717) is 5.69 Å². The second-order valence-electron chi connectivity index (χ2n) is 3.61. The lowest BCUT2D eigenvalue weighted by Crippen LogP contribution is -2.35. The minimum Gasteiger partial charge on any atom is -0.374 e. The highest BCUT2D eigenvalue weighted by Crippen LogP contribution is 2.27. The maximum Gasteiger partial charge on any atom is 0.408 e. The van der Waals surface area contributed by atoms with Crippen molar-refractivity contribution in [3.05, 3.63) is 28.2 Å². The van der Waals surface area contributed by atoms with Gasteiger partial charge in [0.2, 0.25) is 0 Å². The van der Waals surface area contributed by atoms with Crippen molar-refractivity contribution in [3.8, 4) is 0 Å². The normalized spacial score (nSPS) is 13.6. The molecule has 0 heterocycles. The molecule has 1 rings (SSSR count). The molecule has 5 heteroatoms. The molecular weight excluding hydrogens is 283 g/mol. The van der Waals surface area contributed by atoms with Crippen molar-refractivity contribution in [2.75, 3.05) is 5.32 Å². The number of nitrogens with one attached hydrogen (secondary N) is 1. The van der Waals surface area contributed by atoms with Gasteiger partial charge in [-0.25, -0.2) is 0 Å². The maximum absolute atomic E-state index is 12.5. The second kappa shape index (κ2) is 5.08. The third kappa shape index (κ3) is 3.40. The zero-order valence-corrected chi connectivity index (χ0v) is 10.6. The van der Waals surface area contributed by atoms with Crippen LogP contribution in [0.15, 0.2) is 22.7 Å². The Kier molecular flexibility index (Phi) is 4.24. The van der Waals surface area contributed by atoms with E-state index in [4.69, 9.17) is 0 Å². The van der Waals surface area contributed by atoms with Crippen molar-refractivity contribution >= 4 is 21.6 Å². The Bertz CT molecular complexity index is 363. The summed E-state index contributed by atoms with van der Waals surface area (Å²) in [7, 11) is 0. The van der Waals surface area contributed by atoms with Crippen LogP contribution in [0.5, 0.6) is 0 Å². The largest absolute Gasteiger partial charge is 0.408 e.